The van der Waals surface area contributed by atoms with E-state index in [1.54, 1.807) is 6.20 Å². The van der Waals surface area contributed by atoms with Gasteiger partial charge in [-0.1, -0.05) is 6.92 Å². The van der Waals surface area contributed by atoms with Crippen molar-refractivity contribution in [2.24, 2.45) is 0 Å². The van der Waals surface area contributed by atoms with Gasteiger partial charge in [0.05, 0.1) is 17.8 Å². The third-order valence-corrected chi connectivity index (χ3v) is 3.20. The van der Waals surface area contributed by atoms with Crippen LogP contribution in [0.3, 0.4) is 0 Å². The molecule has 2 heterocycles. The molecule has 100 valence electrons. The lowest BCUT2D eigenvalue weighted by Crippen LogP contribution is -2.50. The smallest absolute Gasteiger partial charge is 0.245 e. The van der Waals surface area contributed by atoms with Crippen LogP contribution in [-0.2, 0) is 4.79 Å². The molecule has 0 saturated carbocycles. The Kier molecular flexibility index (Phi) is 3.68. The highest BCUT2D eigenvalue weighted by atomic mass is 16.2. The molecule has 1 aliphatic rings. The molecule has 0 bridgehead atoms. The standard InChI is InChI=1S/C12H21N5O/c1-4-14-12(2,3)11(18)16-10-5-6-15-17(10)9-7-13-8-9/h5-6,9,13-14H,4,7-8H2,1-3H3,(H,16,18). The van der Waals surface area contributed by atoms with Crippen LogP contribution in [0.1, 0.15) is 26.8 Å². The molecule has 1 fully saturated rings. The summed E-state index contributed by atoms with van der Waals surface area (Å²) in [5, 5.41) is 13.5. The van der Waals surface area contributed by atoms with E-state index in [1.165, 1.54) is 0 Å². The van der Waals surface area contributed by atoms with E-state index in [1.807, 2.05) is 31.5 Å². The molecule has 18 heavy (non-hydrogen) atoms. The number of anilines is 1. The zero-order chi connectivity index (χ0) is 13.2. The van der Waals surface area contributed by atoms with E-state index in [-0.39, 0.29) is 5.91 Å². The molecule has 3 N–H and O–H groups in total. The largest absolute Gasteiger partial charge is 0.312 e. The van der Waals surface area contributed by atoms with Crippen LogP contribution in [0.2, 0.25) is 0 Å². The van der Waals surface area contributed by atoms with E-state index in [0.717, 1.165) is 25.5 Å². The number of aromatic nitrogens is 2. The minimum absolute atomic E-state index is 0.0432. The molecule has 0 spiro atoms. The highest BCUT2D eigenvalue weighted by Gasteiger charge is 2.28. The summed E-state index contributed by atoms with van der Waals surface area (Å²) in [7, 11) is 0. The van der Waals surface area contributed by atoms with Gasteiger partial charge in [-0.15, -0.1) is 0 Å². The van der Waals surface area contributed by atoms with E-state index >= 15 is 0 Å². The monoisotopic (exact) mass is 251 g/mol. The summed E-state index contributed by atoms with van der Waals surface area (Å²) >= 11 is 0. The molecule has 0 aliphatic carbocycles. The summed E-state index contributed by atoms with van der Waals surface area (Å²) in [5.41, 5.74) is -0.582. The molecule has 1 aliphatic heterocycles. The maximum absolute atomic E-state index is 12.2. The van der Waals surface area contributed by atoms with Crippen molar-refractivity contribution in [2.45, 2.75) is 32.4 Å². The predicted molar refractivity (Wildman–Crippen MR) is 70.5 cm³/mol. The van der Waals surface area contributed by atoms with Gasteiger partial charge in [0.2, 0.25) is 5.91 Å². The van der Waals surface area contributed by atoms with Gasteiger partial charge in [-0.05, 0) is 20.4 Å². The van der Waals surface area contributed by atoms with Crippen LogP contribution in [0, 0.1) is 0 Å². The van der Waals surface area contributed by atoms with E-state index < -0.39 is 5.54 Å². The van der Waals surface area contributed by atoms with Crippen molar-refractivity contribution in [1.82, 2.24) is 20.4 Å². The Bertz CT molecular complexity index is 422. The third-order valence-electron chi connectivity index (χ3n) is 3.20. The second kappa shape index (κ2) is 5.07. The van der Waals surface area contributed by atoms with Crippen molar-refractivity contribution in [1.29, 1.82) is 0 Å². The summed E-state index contributed by atoms with van der Waals surface area (Å²) in [6.45, 7) is 8.29. The van der Waals surface area contributed by atoms with Crippen molar-refractivity contribution >= 4 is 11.7 Å². The van der Waals surface area contributed by atoms with E-state index in [9.17, 15) is 4.79 Å². The number of amides is 1. The number of rotatable bonds is 5. The molecular formula is C12H21N5O. The number of likely N-dealkylation sites (N-methyl/N-ethyl adjacent to an activating group) is 1. The lowest BCUT2D eigenvalue weighted by atomic mass is 10.0. The van der Waals surface area contributed by atoms with Crippen molar-refractivity contribution in [3.05, 3.63) is 12.3 Å². The first-order chi connectivity index (χ1) is 8.54. The average Bonchev–Trinajstić information content (AvgIpc) is 2.63. The second-order valence-corrected chi connectivity index (χ2v) is 5.08. The fraction of sp³-hybridized carbons (Fsp3) is 0.667. The Balaban J connectivity index is 2.05. The Morgan fingerprint density at radius 1 is 1.61 bits per heavy atom. The summed E-state index contributed by atoms with van der Waals surface area (Å²) in [5.74, 6) is 0.718. The van der Waals surface area contributed by atoms with Gasteiger partial charge >= 0.3 is 0 Å². The summed E-state index contributed by atoms with van der Waals surface area (Å²) < 4.78 is 1.87. The molecule has 0 radical (unpaired) electrons. The number of carbonyl (C=O) groups excluding carboxylic acids is 1. The molecule has 6 nitrogen and oxygen atoms in total. The average molecular weight is 251 g/mol. The minimum Gasteiger partial charge on any atom is -0.312 e. The fourth-order valence-electron chi connectivity index (χ4n) is 1.95. The van der Waals surface area contributed by atoms with Crippen LogP contribution in [0.25, 0.3) is 0 Å². The molecule has 0 atom stereocenters. The van der Waals surface area contributed by atoms with E-state index in [4.69, 9.17) is 0 Å². The van der Waals surface area contributed by atoms with Crippen LogP contribution in [-0.4, -0.2) is 40.9 Å². The van der Waals surface area contributed by atoms with Gasteiger partial charge in [-0.2, -0.15) is 5.10 Å². The molecular weight excluding hydrogens is 230 g/mol. The Labute approximate surface area is 107 Å². The van der Waals surface area contributed by atoms with E-state index in [0.29, 0.717) is 6.04 Å². The Hall–Kier alpha value is -1.40. The van der Waals surface area contributed by atoms with Gasteiger partial charge in [-0.25, -0.2) is 4.68 Å². The normalized spacial score (nSPS) is 16.4. The number of nitrogens with zero attached hydrogens (tertiary/aromatic N) is 2. The number of hydrogen-bond donors (Lipinski definition) is 3. The minimum atomic E-state index is -0.582. The van der Waals surface area contributed by atoms with Gasteiger partial charge in [0.1, 0.15) is 5.82 Å². The van der Waals surface area contributed by atoms with Crippen LogP contribution in [0.15, 0.2) is 12.3 Å². The van der Waals surface area contributed by atoms with Crippen molar-refractivity contribution in [3.63, 3.8) is 0 Å². The predicted octanol–water partition coefficient (Wildman–Crippen LogP) is 0.354. The zero-order valence-electron chi connectivity index (χ0n) is 11.2. The lowest BCUT2D eigenvalue weighted by molar-refractivity contribution is -0.121. The highest BCUT2D eigenvalue weighted by Crippen LogP contribution is 2.18. The third kappa shape index (κ3) is 2.54. The molecule has 1 amide bonds. The van der Waals surface area contributed by atoms with Gasteiger partial charge in [0.15, 0.2) is 0 Å². The Morgan fingerprint density at radius 2 is 2.33 bits per heavy atom. The van der Waals surface area contributed by atoms with E-state index in [2.05, 4.69) is 21.0 Å². The van der Waals surface area contributed by atoms with Crippen molar-refractivity contribution in [3.8, 4) is 0 Å². The van der Waals surface area contributed by atoms with Crippen LogP contribution < -0.4 is 16.0 Å². The van der Waals surface area contributed by atoms with Crippen molar-refractivity contribution in [2.75, 3.05) is 25.0 Å². The number of nitrogens with one attached hydrogen (secondary N) is 3. The molecule has 0 aromatic carbocycles. The first-order valence-corrected chi connectivity index (χ1v) is 6.35. The highest BCUT2D eigenvalue weighted by molar-refractivity contribution is 5.96. The number of hydrogen-bond acceptors (Lipinski definition) is 4. The Morgan fingerprint density at radius 3 is 2.89 bits per heavy atom. The first-order valence-electron chi connectivity index (χ1n) is 6.35. The molecule has 1 aromatic rings. The molecule has 2 rings (SSSR count). The fourth-order valence-corrected chi connectivity index (χ4v) is 1.95. The van der Waals surface area contributed by atoms with Gasteiger partial charge in [0.25, 0.3) is 0 Å². The maximum atomic E-state index is 12.2. The molecule has 0 unspecified atom stereocenters. The summed E-state index contributed by atoms with van der Waals surface area (Å²) in [4.78, 5) is 12.2. The summed E-state index contributed by atoms with van der Waals surface area (Å²) in [6, 6.07) is 2.18. The molecule has 1 saturated heterocycles. The van der Waals surface area contributed by atoms with Gasteiger partial charge in [-0.3, -0.25) is 4.79 Å². The topological polar surface area (TPSA) is 71.0 Å². The van der Waals surface area contributed by atoms with Gasteiger partial charge in [0, 0.05) is 19.2 Å². The van der Waals surface area contributed by atoms with Gasteiger partial charge < -0.3 is 16.0 Å². The summed E-state index contributed by atoms with van der Waals surface area (Å²) in [6.07, 6.45) is 1.72. The maximum Gasteiger partial charge on any atom is 0.245 e. The number of carbonyl (C=O) groups is 1. The van der Waals surface area contributed by atoms with Crippen LogP contribution >= 0.6 is 0 Å². The van der Waals surface area contributed by atoms with Crippen LogP contribution in [0.4, 0.5) is 5.82 Å². The second-order valence-electron chi connectivity index (χ2n) is 5.08. The zero-order valence-corrected chi connectivity index (χ0v) is 11.2. The quantitative estimate of drug-likeness (QED) is 0.706. The molecule has 6 heteroatoms. The van der Waals surface area contributed by atoms with Crippen LogP contribution in [0.5, 0.6) is 0 Å². The lowest BCUT2D eigenvalue weighted by Gasteiger charge is -2.30. The first kappa shape index (κ1) is 13.0. The SMILES string of the molecule is CCNC(C)(C)C(=O)Nc1ccnn1C1CNC1. The van der Waals surface area contributed by atoms with Crippen molar-refractivity contribution < 1.29 is 4.79 Å². The molecule has 1 aromatic heterocycles.